The normalized spacial score (nSPS) is 19.6. The van der Waals surface area contributed by atoms with Crippen LogP contribution in [0.3, 0.4) is 0 Å². The smallest absolute Gasteiger partial charge is 0.119 e. The number of benzene rings is 1. The van der Waals surface area contributed by atoms with Crippen LogP contribution in [0.4, 0.5) is 0 Å². The van der Waals surface area contributed by atoms with Gasteiger partial charge in [-0.25, -0.2) is 5.32 Å². The van der Waals surface area contributed by atoms with E-state index in [0.717, 1.165) is 38.3 Å². The topological polar surface area (TPSA) is 26.6 Å². The summed E-state index contributed by atoms with van der Waals surface area (Å²) in [7, 11) is 0. The van der Waals surface area contributed by atoms with Crippen molar-refractivity contribution >= 4 is 0 Å². The molecule has 0 aromatic heterocycles. The molecule has 0 atom stereocenters. The third-order valence-electron chi connectivity index (χ3n) is 4.34. The van der Waals surface area contributed by atoms with E-state index in [1.165, 1.54) is 50.0 Å². The van der Waals surface area contributed by atoms with Crippen molar-refractivity contribution in [2.75, 3.05) is 32.8 Å². The molecule has 0 amide bonds. The Morgan fingerprint density at radius 3 is 2.90 bits per heavy atom. The molecule has 1 saturated heterocycles. The van der Waals surface area contributed by atoms with Gasteiger partial charge < -0.3 is 9.64 Å². The molecule has 3 nitrogen and oxygen atoms in total. The summed E-state index contributed by atoms with van der Waals surface area (Å²) < 4.78 is 5.91. The summed E-state index contributed by atoms with van der Waals surface area (Å²) in [5.74, 6) is 1.03. The SMILES string of the molecule is c1cc2c(cc1OCCCN1CCCCC1)CC[N]C2. The molecule has 2 aliphatic rings. The van der Waals surface area contributed by atoms with Gasteiger partial charge in [0.15, 0.2) is 0 Å². The van der Waals surface area contributed by atoms with Gasteiger partial charge in [-0.2, -0.15) is 0 Å². The van der Waals surface area contributed by atoms with Crippen molar-refractivity contribution < 1.29 is 4.74 Å². The number of ether oxygens (including phenoxy) is 1. The predicted octanol–water partition coefficient (Wildman–Crippen LogP) is 2.60. The molecule has 0 saturated carbocycles. The van der Waals surface area contributed by atoms with Gasteiger partial charge in [-0.1, -0.05) is 12.5 Å². The summed E-state index contributed by atoms with van der Waals surface area (Å²) in [5.41, 5.74) is 2.80. The Labute approximate surface area is 122 Å². The highest BCUT2D eigenvalue weighted by Gasteiger charge is 2.11. The average Bonchev–Trinajstić information content (AvgIpc) is 2.52. The van der Waals surface area contributed by atoms with Gasteiger partial charge in [0.25, 0.3) is 0 Å². The maximum Gasteiger partial charge on any atom is 0.119 e. The number of rotatable bonds is 5. The highest BCUT2D eigenvalue weighted by atomic mass is 16.5. The lowest BCUT2D eigenvalue weighted by molar-refractivity contribution is 0.205. The van der Waals surface area contributed by atoms with Crippen molar-refractivity contribution in [2.45, 2.75) is 38.6 Å². The summed E-state index contributed by atoms with van der Waals surface area (Å²) in [6.07, 6.45) is 6.36. The fourth-order valence-electron chi connectivity index (χ4n) is 3.14. The van der Waals surface area contributed by atoms with E-state index in [1.54, 1.807) is 0 Å². The van der Waals surface area contributed by atoms with Crippen LogP contribution in [0, 0.1) is 0 Å². The van der Waals surface area contributed by atoms with Gasteiger partial charge >= 0.3 is 0 Å². The molecule has 1 aromatic carbocycles. The maximum absolute atomic E-state index is 5.91. The zero-order valence-corrected chi connectivity index (χ0v) is 12.3. The Bertz CT molecular complexity index is 427. The van der Waals surface area contributed by atoms with E-state index in [-0.39, 0.29) is 0 Å². The van der Waals surface area contributed by atoms with Gasteiger partial charge in [0.1, 0.15) is 5.75 Å². The van der Waals surface area contributed by atoms with Crippen LogP contribution in [0.1, 0.15) is 36.8 Å². The molecule has 0 aliphatic carbocycles. The summed E-state index contributed by atoms with van der Waals surface area (Å²) in [4.78, 5) is 2.57. The van der Waals surface area contributed by atoms with Crippen molar-refractivity contribution in [1.82, 2.24) is 10.2 Å². The van der Waals surface area contributed by atoms with E-state index in [2.05, 4.69) is 28.4 Å². The van der Waals surface area contributed by atoms with Crippen LogP contribution < -0.4 is 10.1 Å². The second kappa shape index (κ2) is 7.09. The number of piperidine rings is 1. The zero-order chi connectivity index (χ0) is 13.6. The van der Waals surface area contributed by atoms with E-state index in [4.69, 9.17) is 4.74 Å². The first-order valence-corrected chi connectivity index (χ1v) is 8.02. The molecular weight excluding hydrogens is 248 g/mol. The lowest BCUT2D eigenvalue weighted by atomic mass is 10.0. The highest BCUT2D eigenvalue weighted by Crippen LogP contribution is 2.21. The largest absolute Gasteiger partial charge is 0.494 e. The first kappa shape index (κ1) is 13.9. The third kappa shape index (κ3) is 3.74. The van der Waals surface area contributed by atoms with E-state index in [1.807, 2.05) is 0 Å². The monoisotopic (exact) mass is 273 g/mol. The molecule has 0 unspecified atom stereocenters. The number of nitrogens with zero attached hydrogens (tertiary/aromatic N) is 2. The molecule has 0 spiro atoms. The molecule has 0 N–H and O–H groups in total. The Morgan fingerprint density at radius 2 is 2.00 bits per heavy atom. The highest BCUT2D eigenvalue weighted by molar-refractivity contribution is 5.37. The van der Waals surface area contributed by atoms with Crippen molar-refractivity contribution in [3.05, 3.63) is 29.3 Å². The second-order valence-corrected chi connectivity index (χ2v) is 5.89. The molecule has 2 aliphatic heterocycles. The van der Waals surface area contributed by atoms with Crippen LogP contribution in [0.5, 0.6) is 5.75 Å². The lowest BCUT2D eigenvalue weighted by Crippen LogP contribution is -2.31. The van der Waals surface area contributed by atoms with Gasteiger partial charge in [-0.3, -0.25) is 0 Å². The second-order valence-electron chi connectivity index (χ2n) is 5.89. The van der Waals surface area contributed by atoms with Crippen molar-refractivity contribution in [2.24, 2.45) is 0 Å². The van der Waals surface area contributed by atoms with Gasteiger partial charge in [-0.15, -0.1) is 0 Å². The van der Waals surface area contributed by atoms with Crippen molar-refractivity contribution in [1.29, 1.82) is 0 Å². The number of hydrogen-bond acceptors (Lipinski definition) is 2. The van der Waals surface area contributed by atoms with E-state index < -0.39 is 0 Å². The molecule has 3 heteroatoms. The van der Waals surface area contributed by atoms with Crippen LogP contribution in [-0.4, -0.2) is 37.7 Å². The van der Waals surface area contributed by atoms with Crippen molar-refractivity contribution in [3.8, 4) is 5.75 Å². The van der Waals surface area contributed by atoms with Gasteiger partial charge in [0.2, 0.25) is 0 Å². The Kier molecular flexibility index (Phi) is 4.93. The zero-order valence-electron chi connectivity index (χ0n) is 12.3. The minimum Gasteiger partial charge on any atom is -0.494 e. The predicted molar refractivity (Wildman–Crippen MR) is 81.3 cm³/mol. The Morgan fingerprint density at radius 1 is 1.10 bits per heavy atom. The Balaban J connectivity index is 1.41. The molecule has 109 valence electrons. The maximum atomic E-state index is 5.91. The average molecular weight is 273 g/mol. The molecule has 1 aromatic rings. The minimum absolute atomic E-state index is 0.833. The fourth-order valence-corrected chi connectivity index (χ4v) is 3.14. The van der Waals surface area contributed by atoms with Gasteiger partial charge in [-0.05, 0) is 62.0 Å². The van der Waals surface area contributed by atoms with Gasteiger partial charge in [0, 0.05) is 19.6 Å². The lowest BCUT2D eigenvalue weighted by Gasteiger charge is -2.26. The summed E-state index contributed by atoms with van der Waals surface area (Å²) in [6, 6.07) is 6.49. The van der Waals surface area contributed by atoms with Crippen molar-refractivity contribution in [3.63, 3.8) is 0 Å². The standard InChI is InChI=1S/C17H25N2O/c1-2-9-19(10-3-1)11-4-12-20-17-6-5-16-14-18-8-7-15(16)13-17/h5-6,13H,1-4,7-12,14H2. The van der Waals surface area contributed by atoms with Gasteiger partial charge in [0.05, 0.1) is 6.61 Å². The number of hydrogen-bond donors (Lipinski definition) is 0. The van der Waals surface area contributed by atoms with Crippen LogP contribution in [-0.2, 0) is 13.0 Å². The molecule has 2 heterocycles. The molecule has 1 fully saturated rings. The third-order valence-corrected chi connectivity index (χ3v) is 4.34. The van der Waals surface area contributed by atoms with Crippen LogP contribution in [0.25, 0.3) is 0 Å². The molecule has 20 heavy (non-hydrogen) atoms. The summed E-state index contributed by atoms with van der Waals surface area (Å²) in [5, 5.41) is 4.43. The number of fused-ring (bicyclic) bond motifs is 1. The van der Waals surface area contributed by atoms with Crippen LogP contribution >= 0.6 is 0 Å². The first-order valence-electron chi connectivity index (χ1n) is 8.02. The summed E-state index contributed by atoms with van der Waals surface area (Å²) >= 11 is 0. The van der Waals surface area contributed by atoms with E-state index in [9.17, 15) is 0 Å². The van der Waals surface area contributed by atoms with E-state index in [0.29, 0.717) is 0 Å². The molecule has 3 rings (SSSR count). The molecule has 0 bridgehead atoms. The first-order chi connectivity index (χ1) is 9.92. The summed E-state index contributed by atoms with van der Waals surface area (Å²) in [6.45, 7) is 6.42. The fraction of sp³-hybridized carbons (Fsp3) is 0.647. The van der Waals surface area contributed by atoms with Crippen LogP contribution in [0.15, 0.2) is 18.2 Å². The quantitative estimate of drug-likeness (QED) is 0.771. The number of likely N-dealkylation sites (tertiary alicyclic amines) is 1. The Hall–Kier alpha value is -1.06. The molecular formula is C17H25N2O. The molecule has 1 radical (unpaired) electrons. The van der Waals surface area contributed by atoms with E-state index >= 15 is 0 Å². The van der Waals surface area contributed by atoms with Crippen LogP contribution in [0.2, 0.25) is 0 Å². The minimum atomic E-state index is 0.833.